The first-order valence-electron chi connectivity index (χ1n) is 4.99. The molecule has 0 fully saturated rings. The highest BCUT2D eigenvalue weighted by molar-refractivity contribution is 6.32. The van der Waals surface area contributed by atoms with Gasteiger partial charge < -0.3 is 5.11 Å². The number of aryl methyl sites for hydroxylation is 1. The average Bonchev–Trinajstić information content (AvgIpc) is 2.43. The summed E-state index contributed by atoms with van der Waals surface area (Å²) in [6.07, 6.45) is 1.49. The van der Waals surface area contributed by atoms with E-state index in [1.54, 1.807) is 4.68 Å². The van der Waals surface area contributed by atoms with Crippen molar-refractivity contribution >= 4 is 17.6 Å². The van der Waals surface area contributed by atoms with Crippen molar-refractivity contribution in [2.24, 2.45) is 0 Å². The van der Waals surface area contributed by atoms with E-state index < -0.39 is 5.97 Å². The minimum Gasteiger partial charge on any atom is -0.478 e. The zero-order valence-electron chi connectivity index (χ0n) is 9.12. The fourth-order valence-corrected chi connectivity index (χ4v) is 1.85. The van der Waals surface area contributed by atoms with Crippen molar-refractivity contribution in [3.63, 3.8) is 0 Å². The maximum absolute atomic E-state index is 11.0. The van der Waals surface area contributed by atoms with Gasteiger partial charge in [-0.3, -0.25) is 4.68 Å². The second-order valence-corrected chi connectivity index (χ2v) is 4.06. The molecule has 0 bridgehead atoms. The summed E-state index contributed by atoms with van der Waals surface area (Å²) in [5.74, 6) is -1.00. The van der Waals surface area contributed by atoms with Crippen LogP contribution in [-0.4, -0.2) is 20.9 Å². The fourth-order valence-electron chi connectivity index (χ4n) is 1.42. The van der Waals surface area contributed by atoms with Gasteiger partial charge in [0.25, 0.3) is 0 Å². The zero-order chi connectivity index (χ0) is 11.6. The SMILES string of the molecule is CCCc1nn(C(C)C)c(Cl)c1C(=O)O. The molecule has 0 saturated heterocycles. The Hall–Kier alpha value is -1.03. The first-order chi connectivity index (χ1) is 6.99. The van der Waals surface area contributed by atoms with Gasteiger partial charge in [0.1, 0.15) is 10.7 Å². The first kappa shape index (κ1) is 12.0. The molecule has 0 atom stereocenters. The van der Waals surface area contributed by atoms with Crippen molar-refractivity contribution in [3.8, 4) is 0 Å². The number of aromatic carboxylic acids is 1. The standard InChI is InChI=1S/C10H15ClN2O2/c1-4-5-7-8(10(14)15)9(11)13(12-7)6(2)3/h6H,4-5H2,1-3H3,(H,14,15). The zero-order valence-corrected chi connectivity index (χ0v) is 9.88. The Labute approximate surface area is 93.9 Å². The minimum atomic E-state index is -1.00. The summed E-state index contributed by atoms with van der Waals surface area (Å²) >= 11 is 5.97. The summed E-state index contributed by atoms with van der Waals surface area (Å²) in [5, 5.41) is 13.5. The lowest BCUT2D eigenvalue weighted by atomic mass is 10.2. The molecule has 84 valence electrons. The third-order valence-corrected chi connectivity index (χ3v) is 2.48. The lowest BCUT2D eigenvalue weighted by Crippen LogP contribution is -2.03. The van der Waals surface area contributed by atoms with Crippen molar-refractivity contribution in [1.82, 2.24) is 9.78 Å². The van der Waals surface area contributed by atoms with E-state index in [4.69, 9.17) is 16.7 Å². The molecule has 0 radical (unpaired) electrons. The van der Waals surface area contributed by atoms with Crippen LogP contribution in [0.15, 0.2) is 0 Å². The maximum Gasteiger partial charge on any atom is 0.340 e. The second kappa shape index (κ2) is 4.66. The quantitative estimate of drug-likeness (QED) is 0.865. The Morgan fingerprint density at radius 1 is 1.60 bits per heavy atom. The van der Waals surface area contributed by atoms with E-state index in [0.717, 1.165) is 6.42 Å². The van der Waals surface area contributed by atoms with Crippen LogP contribution in [0.5, 0.6) is 0 Å². The molecular weight excluding hydrogens is 216 g/mol. The third kappa shape index (κ3) is 2.31. The van der Waals surface area contributed by atoms with Crippen LogP contribution in [0.3, 0.4) is 0 Å². The van der Waals surface area contributed by atoms with E-state index in [1.165, 1.54) is 0 Å². The van der Waals surface area contributed by atoms with Crippen molar-refractivity contribution in [2.45, 2.75) is 39.7 Å². The van der Waals surface area contributed by atoms with Crippen LogP contribution in [-0.2, 0) is 6.42 Å². The molecule has 1 aromatic rings. The van der Waals surface area contributed by atoms with Gasteiger partial charge >= 0.3 is 5.97 Å². The molecule has 0 aliphatic heterocycles. The highest BCUT2D eigenvalue weighted by Gasteiger charge is 2.22. The van der Waals surface area contributed by atoms with E-state index in [2.05, 4.69) is 5.10 Å². The fraction of sp³-hybridized carbons (Fsp3) is 0.600. The number of nitrogens with zero attached hydrogens (tertiary/aromatic N) is 2. The first-order valence-corrected chi connectivity index (χ1v) is 5.37. The Balaban J connectivity index is 3.26. The van der Waals surface area contributed by atoms with Gasteiger partial charge in [-0.25, -0.2) is 4.79 Å². The topological polar surface area (TPSA) is 55.1 Å². The summed E-state index contributed by atoms with van der Waals surface area (Å²) in [6.45, 7) is 5.81. The van der Waals surface area contributed by atoms with Crippen LogP contribution in [0.1, 0.15) is 49.3 Å². The summed E-state index contributed by atoms with van der Waals surface area (Å²) in [7, 11) is 0. The van der Waals surface area contributed by atoms with Gasteiger partial charge in [-0.2, -0.15) is 5.10 Å². The van der Waals surface area contributed by atoms with E-state index in [-0.39, 0.29) is 16.8 Å². The van der Waals surface area contributed by atoms with Crippen LogP contribution >= 0.6 is 11.6 Å². The van der Waals surface area contributed by atoms with Crippen LogP contribution in [0.25, 0.3) is 0 Å². The highest BCUT2D eigenvalue weighted by atomic mass is 35.5. The lowest BCUT2D eigenvalue weighted by molar-refractivity contribution is 0.0696. The van der Waals surface area contributed by atoms with Gasteiger partial charge in [-0.1, -0.05) is 24.9 Å². The highest BCUT2D eigenvalue weighted by Crippen LogP contribution is 2.24. The minimum absolute atomic E-state index is 0.0706. The van der Waals surface area contributed by atoms with E-state index >= 15 is 0 Å². The van der Waals surface area contributed by atoms with Gasteiger partial charge in [0.2, 0.25) is 0 Å². The number of halogens is 1. The Kier molecular flexibility index (Phi) is 3.74. The number of carboxylic acids is 1. The molecule has 0 aromatic carbocycles. The molecule has 4 nitrogen and oxygen atoms in total. The Bertz CT molecular complexity index is 372. The number of carbonyl (C=O) groups is 1. The molecule has 1 aromatic heterocycles. The third-order valence-electron chi connectivity index (χ3n) is 2.11. The Morgan fingerprint density at radius 3 is 2.60 bits per heavy atom. The van der Waals surface area contributed by atoms with E-state index in [9.17, 15) is 4.79 Å². The van der Waals surface area contributed by atoms with Crippen molar-refractivity contribution in [1.29, 1.82) is 0 Å². The van der Waals surface area contributed by atoms with Gasteiger partial charge in [-0.15, -0.1) is 0 Å². The van der Waals surface area contributed by atoms with Crippen molar-refractivity contribution in [3.05, 3.63) is 16.4 Å². The van der Waals surface area contributed by atoms with E-state index in [1.807, 2.05) is 20.8 Å². The molecule has 0 aliphatic rings. The summed E-state index contributed by atoms with van der Waals surface area (Å²) in [6, 6.07) is 0.0706. The molecule has 0 amide bonds. The molecule has 1 rings (SSSR count). The summed E-state index contributed by atoms with van der Waals surface area (Å²) in [5.41, 5.74) is 0.718. The van der Waals surface area contributed by atoms with Gasteiger partial charge in [0.15, 0.2) is 0 Å². The molecule has 0 unspecified atom stereocenters. The molecular formula is C10H15ClN2O2. The molecule has 15 heavy (non-hydrogen) atoms. The van der Waals surface area contributed by atoms with Gasteiger partial charge in [-0.05, 0) is 20.3 Å². The normalized spacial score (nSPS) is 11.0. The number of hydrogen-bond donors (Lipinski definition) is 1. The monoisotopic (exact) mass is 230 g/mol. The molecule has 1 heterocycles. The van der Waals surface area contributed by atoms with Crippen LogP contribution in [0.2, 0.25) is 5.15 Å². The largest absolute Gasteiger partial charge is 0.478 e. The summed E-state index contributed by atoms with van der Waals surface area (Å²) in [4.78, 5) is 11.0. The van der Waals surface area contributed by atoms with E-state index in [0.29, 0.717) is 12.1 Å². The predicted molar refractivity (Wildman–Crippen MR) is 58.6 cm³/mol. The molecule has 5 heteroatoms. The van der Waals surface area contributed by atoms with Crippen molar-refractivity contribution in [2.75, 3.05) is 0 Å². The van der Waals surface area contributed by atoms with Gasteiger partial charge in [0, 0.05) is 6.04 Å². The number of rotatable bonds is 4. The molecule has 0 spiro atoms. The molecule has 1 N–H and O–H groups in total. The predicted octanol–water partition coefficient (Wildman–Crippen LogP) is 2.77. The van der Waals surface area contributed by atoms with Crippen LogP contribution in [0, 0.1) is 0 Å². The average molecular weight is 231 g/mol. The maximum atomic E-state index is 11.0. The van der Waals surface area contributed by atoms with Crippen molar-refractivity contribution < 1.29 is 9.90 Å². The number of hydrogen-bond acceptors (Lipinski definition) is 2. The molecule has 0 aliphatic carbocycles. The molecule has 0 saturated carbocycles. The summed E-state index contributed by atoms with van der Waals surface area (Å²) < 4.78 is 1.55. The Morgan fingerprint density at radius 2 is 2.20 bits per heavy atom. The van der Waals surface area contributed by atoms with Gasteiger partial charge in [0.05, 0.1) is 5.69 Å². The van der Waals surface area contributed by atoms with Crippen LogP contribution < -0.4 is 0 Å². The second-order valence-electron chi connectivity index (χ2n) is 3.71. The number of aromatic nitrogens is 2. The smallest absolute Gasteiger partial charge is 0.340 e. The number of carboxylic acid groups (broad SMARTS) is 1. The lowest BCUT2D eigenvalue weighted by Gasteiger charge is -2.05. The van der Waals surface area contributed by atoms with Crippen LogP contribution in [0.4, 0.5) is 0 Å².